The van der Waals surface area contributed by atoms with Crippen molar-refractivity contribution in [1.82, 2.24) is 0 Å². The maximum atomic E-state index is 13.6. The number of hydrogen-bond donors (Lipinski definition) is 0. The number of benzene rings is 4. The first-order chi connectivity index (χ1) is 18.1. The van der Waals surface area contributed by atoms with Crippen molar-refractivity contribution in [1.29, 1.82) is 0 Å². The smallest absolute Gasteiger partial charge is 0.282 e. The number of ether oxygens (including phenoxy) is 2. The van der Waals surface area contributed by atoms with Crippen molar-refractivity contribution in [2.45, 2.75) is 0 Å². The summed E-state index contributed by atoms with van der Waals surface area (Å²) in [7, 11) is 3.14. The molecule has 0 fully saturated rings. The molecule has 4 aromatic carbocycles. The van der Waals surface area contributed by atoms with Crippen LogP contribution in [0.15, 0.2) is 114 Å². The second-order valence-corrected chi connectivity index (χ2v) is 8.33. The van der Waals surface area contributed by atoms with Gasteiger partial charge in [-0.2, -0.15) is 0 Å². The third-order valence-corrected chi connectivity index (χ3v) is 6.03. The van der Waals surface area contributed by atoms with Gasteiger partial charge in [0.2, 0.25) is 0 Å². The number of hydrogen-bond acceptors (Lipinski definition) is 5. The van der Waals surface area contributed by atoms with Crippen LogP contribution in [-0.2, 0) is 4.79 Å². The van der Waals surface area contributed by atoms with Crippen LogP contribution in [0.3, 0.4) is 0 Å². The average Bonchev–Trinajstić information content (AvgIpc) is 3.29. The van der Waals surface area contributed by atoms with Crippen LogP contribution < -0.4 is 14.4 Å². The van der Waals surface area contributed by atoms with Crippen LogP contribution in [0.4, 0.5) is 5.69 Å². The van der Waals surface area contributed by atoms with Gasteiger partial charge >= 0.3 is 0 Å². The van der Waals surface area contributed by atoms with E-state index in [2.05, 4.69) is 0 Å². The molecular weight excluding hydrogens is 464 g/mol. The number of amides is 1. The number of carbonyl (C=O) groups excluding carboxylic acids is 2. The summed E-state index contributed by atoms with van der Waals surface area (Å²) in [6.45, 7) is 0. The second kappa shape index (κ2) is 10.3. The van der Waals surface area contributed by atoms with Gasteiger partial charge < -0.3 is 9.47 Å². The fourth-order valence-corrected chi connectivity index (χ4v) is 4.16. The zero-order valence-electron chi connectivity index (χ0n) is 20.4. The van der Waals surface area contributed by atoms with E-state index in [1.807, 2.05) is 54.6 Å². The van der Waals surface area contributed by atoms with E-state index in [4.69, 9.17) is 14.5 Å². The molecule has 0 radical (unpaired) electrons. The molecular formula is C31H24N2O4. The van der Waals surface area contributed by atoms with Crippen LogP contribution in [0.1, 0.15) is 27.0 Å². The maximum absolute atomic E-state index is 13.6. The molecule has 4 aromatic rings. The molecule has 1 aliphatic rings. The topological polar surface area (TPSA) is 68.2 Å². The largest absolute Gasteiger partial charge is 0.493 e. The highest BCUT2D eigenvalue weighted by atomic mass is 16.5. The minimum absolute atomic E-state index is 0.0779. The molecule has 182 valence electrons. The Hall–Kier alpha value is -4.97. The lowest BCUT2D eigenvalue weighted by Crippen LogP contribution is -2.32. The lowest BCUT2D eigenvalue weighted by Gasteiger charge is -2.19. The Kier molecular flexibility index (Phi) is 6.64. The highest BCUT2D eigenvalue weighted by Gasteiger charge is 2.32. The van der Waals surface area contributed by atoms with E-state index in [0.29, 0.717) is 34.1 Å². The first kappa shape index (κ1) is 23.8. The summed E-state index contributed by atoms with van der Waals surface area (Å²) >= 11 is 0. The fraction of sp³-hybridized carbons (Fsp3) is 0.0645. The van der Waals surface area contributed by atoms with Crippen molar-refractivity contribution in [3.63, 3.8) is 0 Å². The van der Waals surface area contributed by atoms with Crippen molar-refractivity contribution in [3.8, 4) is 11.5 Å². The van der Waals surface area contributed by atoms with Crippen LogP contribution in [0.2, 0.25) is 0 Å². The molecule has 0 saturated carbocycles. The Morgan fingerprint density at radius 3 is 2.03 bits per heavy atom. The van der Waals surface area contributed by atoms with E-state index in [9.17, 15) is 9.59 Å². The fourth-order valence-electron chi connectivity index (χ4n) is 4.16. The van der Waals surface area contributed by atoms with E-state index < -0.39 is 0 Å². The summed E-state index contributed by atoms with van der Waals surface area (Å²) in [5.74, 6) is 1.33. The van der Waals surface area contributed by atoms with Crippen molar-refractivity contribution in [2.24, 2.45) is 4.99 Å². The van der Waals surface area contributed by atoms with Gasteiger partial charge in [-0.05, 0) is 48.0 Å². The number of nitrogens with zero attached hydrogens (tertiary/aromatic N) is 2. The number of methoxy groups -OCH3 is 2. The highest BCUT2D eigenvalue weighted by molar-refractivity contribution is 6.33. The van der Waals surface area contributed by atoms with Gasteiger partial charge in [-0.3, -0.25) is 14.5 Å². The normalized spacial score (nSPS) is 14.0. The molecule has 6 nitrogen and oxygen atoms in total. The lowest BCUT2D eigenvalue weighted by molar-refractivity contribution is -0.113. The van der Waals surface area contributed by atoms with Crippen LogP contribution in [-0.4, -0.2) is 31.7 Å². The molecule has 0 N–H and O–H groups in total. The number of ketones is 1. The number of rotatable bonds is 7. The van der Waals surface area contributed by atoms with Gasteiger partial charge in [-0.15, -0.1) is 0 Å². The van der Waals surface area contributed by atoms with Crippen LogP contribution >= 0.6 is 0 Å². The van der Waals surface area contributed by atoms with Gasteiger partial charge in [0.05, 0.1) is 19.9 Å². The van der Waals surface area contributed by atoms with E-state index in [1.54, 1.807) is 73.7 Å². The summed E-state index contributed by atoms with van der Waals surface area (Å²) in [5.41, 5.74) is 3.61. The standard InChI is InChI=1S/C31H24N2O4/c1-36-27-18-13-21(20-28(27)37-2)19-26-31(35)33(30(32-26)24-11-7-4-8-12-24)25-16-14-23(15-17-25)29(34)22-9-5-3-6-10-22/h3-20H,1-2H3/b26-19+. The predicted molar refractivity (Wildman–Crippen MR) is 144 cm³/mol. The molecule has 1 amide bonds. The van der Waals surface area contributed by atoms with Gasteiger partial charge in [0, 0.05) is 16.7 Å². The molecule has 0 unspecified atom stereocenters. The monoisotopic (exact) mass is 488 g/mol. The third-order valence-electron chi connectivity index (χ3n) is 6.03. The molecule has 6 heteroatoms. The van der Waals surface area contributed by atoms with Gasteiger partial charge in [-0.25, -0.2) is 4.99 Å². The van der Waals surface area contributed by atoms with E-state index >= 15 is 0 Å². The first-order valence-electron chi connectivity index (χ1n) is 11.7. The molecule has 0 spiro atoms. The Morgan fingerprint density at radius 2 is 1.38 bits per heavy atom. The zero-order chi connectivity index (χ0) is 25.8. The molecule has 0 aromatic heterocycles. The van der Waals surface area contributed by atoms with Crippen molar-refractivity contribution < 1.29 is 19.1 Å². The third kappa shape index (κ3) is 4.77. The number of anilines is 1. The maximum Gasteiger partial charge on any atom is 0.282 e. The zero-order valence-corrected chi connectivity index (χ0v) is 20.4. The van der Waals surface area contributed by atoms with Gasteiger partial charge in [0.25, 0.3) is 5.91 Å². The number of carbonyl (C=O) groups is 2. The van der Waals surface area contributed by atoms with E-state index in [0.717, 1.165) is 11.1 Å². The van der Waals surface area contributed by atoms with Crippen LogP contribution in [0.25, 0.3) is 6.08 Å². The molecule has 1 heterocycles. The first-order valence-corrected chi connectivity index (χ1v) is 11.7. The SMILES string of the molecule is COc1ccc(/C=C2/N=C(c3ccccc3)N(c3ccc(C(=O)c4ccccc4)cc3)C2=O)cc1OC. The average molecular weight is 489 g/mol. The van der Waals surface area contributed by atoms with Crippen LogP contribution in [0, 0.1) is 0 Å². The molecule has 1 aliphatic heterocycles. The van der Waals surface area contributed by atoms with Crippen LogP contribution in [0.5, 0.6) is 11.5 Å². The summed E-state index contributed by atoms with van der Waals surface area (Å²) < 4.78 is 10.7. The quantitative estimate of drug-likeness (QED) is 0.245. The van der Waals surface area contributed by atoms with E-state index in [1.165, 1.54) is 0 Å². The summed E-state index contributed by atoms with van der Waals surface area (Å²) in [6, 6.07) is 31.1. The van der Waals surface area contributed by atoms with Gasteiger partial charge in [0.15, 0.2) is 17.3 Å². The Morgan fingerprint density at radius 1 is 0.757 bits per heavy atom. The molecule has 37 heavy (non-hydrogen) atoms. The minimum Gasteiger partial charge on any atom is -0.493 e. The number of amidine groups is 1. The summed E-state index contributed by atoms with van der Waals surface area (Å²) in [5, 5.41) is 0. The van der Waals surface area contributed by atoms with E-state index in [-0.39, 0.29) is 17.4 Å². The Labute approximate surface area is 215 Å². The molecule has 0 saturated heterocycles. The molecule has 5 rings (SSSR count). The van der Waals surface area contributed by atoms with Crippen molar-refractivity contribution in [2.75, 3.05) is 19.1 Å². The summed E-state index contributed by atoms with van der Waals surface area (Å²) in [6.07, 6.45) is 1.72. The molecule has 0 atom stereocenters. The Balaban J connectivity index is 1.52. The second-order valence-electron chi connectivity index (χ2n) is 8.33. The summed E-state index contributed by atoms with van der Waals surface area (Å²) in [4.78, 5) is 32.8. The Bertz CT molecular complexity index is 1510. The molecule has 0 bridgehead atoms. The van der Waals surface area contributed by atoms with Gasteiger partial charge in [-0.1, -0.05) is 66.7 Å². The molecule has 0 aliphatic carbocycles. The van der Waals surface area contributed by atoms with Gasteiger partial charge in [0.1, 0.15) is 11.5 Å². The number of aliphatic imine (C=N–C) groups is 1. The highest BCUT2D eigenvalue weighted by Crippen LogP contribution is 2.31. The van der Waals surface area contributed by atoms with Crippen molar-refractivity contribution >= 4 is 29.3 Å². The van der Waals surface area contributed by atoms with Crippen molar-refractivity contribution in [3.05, 3.63) is 131 Å². The predicted octanol–water partition coefficient (Wildman–Crippen LogP) is 5.77. The lowest BCUT2D eigenvalue weighted by atomic mass is 10.0. The minimum atomic E-state index is -0.268.